The number of nitrogens with zero attached hydrogens (tertiary/aromatic N) is 2. The molecule has 0 atom stereocenters. The first-order chi connectivity index (χ1) is 10.3. The molecule has 3 aromatic rings. The maximum Gasteiger partial charge on any atom is 0.251 e. The molecule has 106 valence electrons. The third-order valence-corrected chi connectivity index (χ3v) is 3.35. The van der Waals surface area contributed by atoms with Crippen LogP contribution in [-0.4, -0.2) is 27.6 Å². The van der Waals surface area contributed by atoms with E-state index in [0.29, 0.717) is 12.1 Å². The predicted octanol–water partition coefficient (Wildman–Crippen LogP) is 2.32. The van der Waals surface area contributed by atoms with Gasteiger partial charge in [-0.25, -0.2) is 4.98 Å². The molecule has 0 spiro atoms. The van der Waals surface area contributed by atoms with Gasteiger partial charge < -0.3 is 5.32 Å². The highest BCUT2D eigenvalue weighted by molar-refractivity contribution is 5.98. The fourth-order valence-corrected chi connectivity index (χ4v) is 2.24. The van der Waals surface area contributed by atoms with Crippen molar-refractivity contribution in [3.63, 3.8) is 0 Å². The fraction of sp³-hybridized carbons (Fsp3) is 0.188. The molecule has 0 fully saturated rings. The molecule has 0 radical (unpaired) electrons. The number of rotatable bonds is 5. The first-order valence-corrected chi connectivity index (χ1v) is 6.94. The Balaban J connectivity index is 1.56. The monoisotopic (exact) mass is 280 g/mol. The van der Waals surface area contributed by atoms with Gasteiger partial charge >= 0.3 is 0 Å². The van der Waals surface area contributed by atoms with Crippen LogP contribution < -0.4 is 5.32 Å². The lowest BCUT2D eigenvalue weighted by atomic mass is 10.1. The van der Waals surface area contributed by atoms with E-state index in [-0.39, 0.29) is 5.91 Å². The first-order valence-electron chi connectivity index (χ1n) is 6.94. The van der Waals surface area contributed by atoms with Crippen LogP contribution in [-0.2, 0) is 6.42 Å². The summed E-state index contributed by atoms with van der Waals surface area (Å²) in [6.45, 7) is 0.617. The van der Waals surface area contributed by atoms with Crippen molar-refractivity contribution in [1.82, 2.24) is 20.5 Å². The molecule has 0 aliphatic heterocycles. The van der Waals surface area contributed by atoms with Gasteiger partial charge in [0.1, 0.15) is 12.2 Å². The van der Waals surface area contributed by atoms with Crippen LogP contribution in [0.4, 0.5) is 0 Å². The number of carbonyl (C=O) groups excluding carboxylic acids is 1. The third-order valence-electron chi connectivity index (χ3n) is 3.35. The second-order valence-corrected chi connectivity index (χ2v) is 4.85. The lowest BCUT2D eigenvalue weighted by molar-refractivity contribution is 0.0953. The Morgan fingerprint density at radius 1 is 1.14 bits per heavy atom. The Bertz CT molecular complexity index is 737. The molecule has 3 rings (SSSR count). The van der Waals surface area contributed by atoms with E-state index in [2.05, 4.69) is 20.5 Å². The molecule has 21 heavy (non-hydrogen) atoms. The minimum atomic E-state index is -0.0432. The predicted molar refractivity (Wildman–Crippen MR) is 81.0 cm³/mol. The number of fused-ring (bicyclic) bond motifs is 1. The Morgan fingerprint density at radius 2 is 2.00 bits per heavy atom. The summed E-state index contributed by atoms with van der Waals surface area (Å²) in [5, 5.41) is 11.7. The number of aromatic nitrogens is 3. The Morgan fingerprint density at radius 3 is 2.81 bits per heavy atom. The van der Waals surface area contributed by atoms with Gasteiger partial charge in [-0.15, -0.1) is 0 Å². The van der Waals surface area contributed by atoms with Gasteiger partial charge in [-0.05, 0) is 29.3 Å². The number of carbonyl (C=O) groups is 1. The van der Waals surface area contributed by atoms with Crippen molar-refractivity contribution in [2.24, 2.45) is 0 Å². The molecule has 0 aliphatic carbocycles. The Kier molecular flexibility index (Phi) is 3.91. The van der Waals surface area contributed by atoms with Gasteiger partial charge in [0, 0.05) is 18.5 Å². The van der Waals surface area contributed by atoms with Crippen LogP contribution in [0.15, 0.2) is 48.8 Å². The van der Waals surface area contributed by atoms with Crippen molar-refractivity contribution < 1.29 is 4.79 Å². The highest BCUT2D eigenvalue weighted by atomic mass is 16.1. The number of aryl methyl sites for hydroxylation is 1. The first kappa shape index (κ1) is 13.3. The van der Waals surface area contributed by atoms with E-state index in [0.717, 1.165) is 29.4 Å². The Labute approximate surface area is 122 Å². The molecule has 0 saturated heterocycles. The lowest BCUT2D eigenvalue weighted by Gasteiger charge is -2.06. The van der Waals surface area contributed by atoms with Gasteiger partial charge in [0.25, 0.3) is 5.91 Å². The van der Waals surface area contributed by atoms with Crippen LogP contribution in [0.25, 0.3) is 10.8 Å². The molecule has 5 nitrogen and oxygen atoms in total. The zero-order valence-electron chi connectivity index (χ0n) is 11.5. The highest BCUT2D eigenvalue weighted by Crippen LogP contribution is 2.15. The second kappa shape index (κ2) is 6.17. The van der Waals surface area contributed by atoms with Gasteiger partial charge in [0.15, 0.2) is 0 Å². The largest absolute Gasteiger partial charge is 0.352 e. The van der Waals surface area contributed by atoms with Gasteiger partial charge in [0.05, 0.1) is 0 Å². The summed E-state index contributed by atoms with van der Waals surface area (Å²) in [6.07, 6.45) is 3.09. The minimum absolute atomic E-state index is 0.0432. The quantitative estimate of drug-likeness (QED) is 0.705. The second-order valence-electron chi connectivity index (χ2n) is 4.85. The average molecular weight is 280 g/mol. The molecular formula is C16H16N4O. The maximum atomic E-state index is 12.1. The summed E-state index contributed by atoms with van der Waals surface area (Å²) >= 11 is 0. The summed E-state index contributed by atoms with van der Waals surface area (Å²) in [5.74, 6) is 0.799. The van der Waals surface area contributed by atoms with Gasteiger partial charge in [0.2, 0.25) is 0 Å². The molecular weight excluding hydrogens is 264 g/mol. The van der Waals surface area contributed by atoms with Crippen molar-refractivity contribution in [2.45, 2.75) is 12.8 Å². The molecule has 1 amide bonds. The Hall–Kier alpha value is -2.69. The van der Waals surface area contributed by atoms with Crippen LogP contribution >= 0.6 is 0 Å². The van der Waals surface area contributed by atoms with Crippen molar-refractivity contribution in [2.75, 3.05) is 6.54 Å². The van der Waals surface area contributed by atoms with E-state index in [1.165, 1.54) is 6.33 Å². The number of aromatic amines is 1. The molecule has 1 heterocycles. The fourth-order valence-electron chi connectivity index (χ4n) is 2.24. The van der Waals surface area contributed by atoms with Crippen molar-refractivity contribution in [3.05, 3.63) is 60.2 Å². The summed E-state index contributed by atoms with van der Waals surface area (Å²) in [5.41, 5.74) is 0.688. The van der Waals surface area contributed by atoms with Crippen molar-refractivity contribution >= 4 is 16.7 Å². The number of hydrogen-bond donors (Lipinski definition) is 2. The average Bonchev–Trinajstić information content (AvgIpc) is 3.04. The topological polar surface area (TPSA) is 70.7 Å². The molecule has 2 aromatic carbocycles. The van der Waals surface area contributed by atoms with E-state index in [1.807, 2.05) is 42.5 Å². The van der Waals surface area contributed by atoms with Crippen LogP contribution in [0, 0.1) is 0 Å². The number of amides is 1. The maximum absolute atomic E-state index is 12.1. The normalized spacial score (nSPS) is 10.7. The summed E-state index contributed by atoms with van der Waals surface area (Å²) in [7, 11) is 0. The number of benzene rings is 2. The van der Waals surface area contributed by atoms with Gasteiger partial charge in [-0.2, -0.15) is 5.10 Å². The standard InChI is InChI=1S/C16H16N4O/c21-16(17-9-3-6-15-18-11-19-20-15)14-8-7-12-4-1-2-5-13(12)10-14/h1-2,4-5,7-8,10-11H,3,6,9H2,(H,17,21)(H,18,19,20). The van der Waals surface area contributed by atoms with Crippen LogP contribution in [0.1, 0.15) is 22.6 Å². The number of nitrogens with one attached hydrogen (secondary N) is 2. The summed E-state index contributed by atoms with van der Waals surface area (Å²) in [6, 6.07) is 13.8. The van der Waals surface area contributed by atoms with Gasteiger partial charge in [-0.1, -0.05) is 30.3 Å². The van der Waals surface area contributed by atoms with Crippen molar-refractivity contribution in [1.29, 1.82) is 0 Å². The molecule has 5 heteroatoms. The third kappa shape index (κ3) is 3.25. The van der Waals surface area contributed by atoms with E-state index >= 15 is 0 Å². The SMILES string of the molecule is O=C(NCCCc1ncn[nH]1)c1ccc2ccccc2c1. The highest BCUT2D eigenvalue weighted by Gasteiger charge is 2.05. The van der Waals surface area contributed by atoms with Crippen LogP contribution in [0.5, 0.6) is 0 Å². The van der Waals surface area contributed by atoms with Crippen molar-refractivity contribution in [3.8, 4) is 0 Å². The number of H-pyrrole nitrogens is 1. The van der Waals surface area contributed by atoms with E-state index in [1.54, 1.807) is 0 Å². The summed E-state index contributed by atoms with van der Waals surface area (Å²) in [4.78, 5) is 16.1. The number of hydrogen-bond acceptors (Lipinski definition) is 3. The molecule has 2 N–H and O–H groups in total. The minimum Gasteiger partial charge on any atom is -0.352 e. The zero-order valence-corrected chi connectivity index (χ0v) is 11.5. The molecule has 0 aliphatic rings. The van der Waals surface area contributed by atoms with Gasteiger partial charge in [-0.3, -0.25) is 9.89 Å². The van der Waals surface area contributed by atoms with Crippen LogP contribution in [0.2, 0.25) is 0 Å². The smallest absolute Gasteiger partial charge is 0.251 e. The summed E-state index contributed by atoms with van der Waals surface area (Å²) < 4.78 is 0. The molecule has 0 bridgehead atoms. The van der Waals surface area contributed by atoms with E-state index < -0.39 is 0 Å². The van der Waals surface area contributed by atoms with E-state index in [4.69, 9.17) is 0 Å². The van der Waals surface area contributed by atoms with E-state index in [9.17, 15) is 4.79 Å². The lowest BCUT2D eigenvalue weighted by Crippen LogP contribution is -2.24. The molecule has 1 aromatic heterocycles. The van der Waals surface area contributed by atoms with Crippen LogP contribution in [0.3, 0.4) is 0 Å². The molecule has 0 unspecified atom stereocenters. The molecule has 0 saturated carbocycles. The zero-order chi connectivity index (χ0) is 14.5.